The summed E-state index contributed by atoms with van der Waals surface area (Å²) in [5.41, 5.74) is 9.29. The first-order valence-electron chi connectivity index (χ1n) is 7.88. The Labute approximate surface area is 159 Å². The van der Waals surface area contributed by atoms with Gasteiger partial charge in [-0.2, -0.15) is 0 Å². The fourth-order valence-electron chi connectivity index (χ4n) is 2.33. The Morgan fingerprint density at radius 2 is 1.58 bits per heavy atom. The summed E-state index contributed by atoms with van der Waals surface area (Å²) in [6.45, 7) is 6.02. The molecule has 3 N–H and O–H groups in total. The van der Waals surface area contributed by atoms with Gasteiger partial charge in [-0.3, -0.25) is 10.9 Å². The van der Waals surface area contributed by atoms with Crippen LogP contribution in [0.4, 0.5) is 5.69 Å². The van der Waals surface area contributed by atoms with Crippen molar-refractivity contribution in [2.45, 2.75) is 6.92 Å². The van der Waals surface area contributed by atoms with E-state index in [0.717, 1.165) is 16.8 Å². The molecule has 0 fully saturated rings. The SMILES string of the molecule is C=C(NNC(=S)Nc1ccccc1C)c1cc(OC)c(OC)c(OC)c1. The molecule has 2 aromatic carbocycles. The fraction of sp³-hybridized carbons (Fsp3) is 0.211. The van der Waals surface area contributed by atoms with Gasteiger partial charge in [0, 0.05) is 11.3 Å². The van der Waals surface area contributed by atoms with Gasteiger partial charge in [-0.15, -0.1) is 0 Å². The van der Waals surface area contributed by atoms with Crippen LogP contribution in [0, 0.1) is 6.92 Å². The third-order valence-corrected chi connectivity index (χ3v) is 3.94. The van der Waals surface area contributed by atoms with Crippen molar-refractivity contribution in [3.05, 3.63) is 54.1 Å². The highest BCUT2D eigenvalue weighted by molar-refractivity contribution is 7.80. The average Bonchev–Trinajstić information content (AvgIpc) is 2.66. The van der Waals surface area contributed by atoms with Crippen LogP contribution in [0.15, 0.2) is 43.0 Å². The van der Waals surface area contributed by atoms with Gasteiger partial charge in [-0.25, -0.2) is 0 Å². The maximum atomic E-state index is 5.35. The summed E-state index contributed by atoms with van der Waals surface area (Å²) in [5, 5.41) is 3.55. The van der Waals surface area contributed by atoms with Crippen molar-refractivity contribution in [3.63, 3.8) is 0 Å². The number of thiocarbonyl (C=S) groups is 1. The number of hydrogen-bond donors (Lipinski definition) is 3. The highest BCUT2D eigenvalue weighted by Gasteiger charge is 2.14. The van der Waals surface area contributed by atoms with Crippen molar-refractivity contribution in [1.29, 1.82) is 0 Å². The minimum atomic E-state index is 0.424. The topological polar surface area (TPSA) is 63.8 Å². The molecular formula is C19H23N3O3S. The number of ether oxygens (including phenoxy) is 3. The van der Waals surface area contributed by atoms with Crippen LogP contribution in [0.3, 0.4) is 0 Å². The lowest BCUT2D eigenvalue weighted by Crippen LogP contribution is -2.38. The molecule has 6 nitrogen and oxygen atoms in total. The van der Waals surface area contributed by atoms with Gasteiger partial charge in [0.1, 0.15) is 0 Å². The zero-order valence-electron chi connectivity index (χ0n) is 15.3. The van der Waals surface area contributed by atoms with Crippen LogP contribution in [0.25, 0.3) is 5.70 Å². The Morgan fingerprint density at radius 3 is 2.12 bits per heavy atom. The highest BCUT2D eigenvalue weighted by atomic mass is 32.1. The molecule has 0 saturated carbocycles. The van der Waals surface area contributed by atoms with Gasteiger partial charge in [-0.05, 0) is 42.9 Å². The van der Waals surface area contributed by atoms with E-state index in [4.69, 9.17) is 26.4 Å². The molecule has 0 saturated heterocycles. The molecule has 2 rings (SSSR count). The van der Waals surface area contributed by atoms with E-state index in [1.807, 2.05) is 31.2 Å². The van der Waals surface area contributed by atoms with Gasteiger partial charge in [0.15, 0.2) is 16.6 Å². The molecule has 0 radical (unpaired) electrons. The first-order valence-corrected chi connectivity index (χ1v) is 8.29. The van der Waals surface area contributed by atoms with Crippen molar-refractivity contribution in [2.24, 2.45) is 0 Å². The van der Waals surface area contributed by atoms with Gasteiger partial charge in [0.2, 0.25) is 5.75 Å². The third kappa shape index (κ3) is 4.58. The maximum Gasteiger partial charge on any atom is 0.203 e. The Balaban J connectivity index is 2.05. The van der Waals surface area contributed by atoms with Gasteiger partial charge >= 0.3 is 0 Å². The second-order valence-electron chi connectivity index (χ2n) is 5.41. The molecule has 0 bridgehead atoms. The van der Waals surface area contributed by atoms with E-state index < -0.39 is 0 Å². The van der Waals surface area contributed by atoms with E-state index in [-0.39, 0.29) is 0 Å². The molecule has 138 valence electrons. The fourth-order valence-corrected chi connectivity index (χ4v) is 2.49. The summed E-state index contributed by atoms with van der Waals surface area (Å²) >= 11 is 5.31. The quantitative estimate of drug-likeness (QED) is 0.507. The molecule has 0 aliphatic heterocycles. The molecule has 0 aliphatic rings. The van der Waals surface area contributed by atoms with Crippen LogP contribution >= 0.6 is 12.2 Å². The normalized spacial score (nSPS) is 9.85. The maximum absolute atomic E-state index is 5.35. The molecule has 0 unspecified atom stereocenters. The summed E-state index contributed by atoms with van der Waals surface area (Å²) in [6, 6.07) is 11.5. The number of anilines is 1. The number of nitrogens with one attached hydrogen (secondary N) is 3. The van der Waals surface area contributed by atoms with Crippen LogP contribution in [0.2, 0.25) is 0 Å². The van der Waals surface area contributed by atoms with E-state index >= 15 is 0 Å². The van der Waals surface area contributed by atoms with E-state index in [2.05, 4.69) is 22.7 Å². The predicted molar refractivity (Wildman–Crippen MR) is 109 cm³/mol. The van der Waals surface area contributed by atoms with Crippen LogP contribution < -0.4 is 30.4 Å². The lowest BCUT2D eigenvalue weighted by molar-refractivity contribution is 0.324. The van der Waals surface area contributed by atoms with E-state index in [1.54, 1.807) is 33.5 Å². The number of methoxy groups -OCH3 is 3. The third-order valence-electron chi connectivity index (χ3n) is 3.73. The van der Waals surface area contributed by atoms with Gasteiger partial charge in [0.05, 0.1) is 27.0 Å². The minimum absolute atomic E-state index is 0.424. The average molecular weight is 373 g/mol. The zero-order valence-corrected chi connectivity index (χ0v) is 16.1. The summed E-state index contributed by atoms with van der Waals surface area (Å²) in [4.78, 5) is 0. The number of para-hydroxylation sites is 1. The lowest BCUT2D eigenvalue weighted by atomic mass is 10.1. The van der Waals surface area contributed by atoms with Crippen LogP contribution in [-0.4, -0.2) is 26.4 Å². The molecule has 0 aromatic heterocycles. The van der Waals surface area contributed by atoms with E-state index in [1.165, 1.54) is 0 Å². The van der Waals surface area contributed by atoms with Crippen molar-refractivity contribution in [1.82, 2.24) is 10.9 Å². The second-order valence-corrected chi connectivity index (χ2v) is 5.82. The van der Waals surface area contributed by atoms with Crippen LogP contribution in [0.5, 0.6) is 17.2 Å². The highest BCUT2D eigenvalue weighted by Crippen LogP contribution is 2.39. The molecule has 0 heterocycles. The van der Waals surface area contributed by atoms with Crippen LogP contribution in [0.1, 0.15) is 11.1 Å². The summed E-state index contributed by atoms with van der Waals surface area (Å²) in [5.74, 6) is 1.62. The second kappa shape index (κ2) is 8.96. The Bertz CT molecular complexity index is 783. The standard InChI is InChI=1S/C19H23N3O3S/c1-12-8-6-7-9-15(12)20-19(26)22-21-13(2)14-10-16(23-3)18(25-5)17(11-14)24-4/h6-11,21H,2H2,1,3-5H3,(H2,20,22,26). The van der Waals surface area contributed by atoms with Gasteiger partial charge < -0.3 is 19.5 Å². The predicted octanol–water partition coefficient (Wildman–Crippen LogP) is 3.48. The number of benzene rings is 2. The van der Waals surface area contributed by atoms with E-state index in [9.17, 15) is 0 Å². The first kappa shape index (κ1) is 19.4. The Morgan fingerprint density at radius 1 is 0.962 bits per heavy atom. The van der Waals surface area contributed by atoms with Crippen molar-refractivity contribution < 1.29 is 14.2 Å². The Hall–Kier alpha value is -2.93. The smallest absolute Gasteiger partial charge is 0.203 e. The van der Waals surface area contributed by atoms with Crippen molar-refractivity contribution in [2.75, 3.05) is 26.6 Å². The largest absolute Gasteiger partial charge is 0.493 e. The molecule has 7 heteroatoms. The van der Waals surface area contributed by atoms with Crippen molar-refractivity contribution in [3.8, 4) is 17.2 Å². The molecule has 0 spiro atoms. The molecule has 0 aliphatic carbocycles. The monoisotopic (exact) mass is 373 g/mol. The summed E-state index contributed by atoms with van der Waals surface area (Å²) in [6.07, 6.45) is 0. The number of hydrogen-bond acceptors (Lipinski definition) is 5. The van der Waals surface area contributed by atoms with Gasteiger partial charge in [0.25, 0.3) is 0 Å². The molecule has 0 amide bonds. The zero-order chi connectivity index (χ0) is 19.1. The van der Waals surface area contributed by atoms with Crippen molar-refractivity contribution >= 4 is 28.7 Å². The Kier molecular flexibility index (Phi) is 6.68. The van der Waals surface area contributed by atoms with E-state index in [0.29, 0.717) is 28.1 Å². The number of aryl methyl sites for hydroxylation is 1. The first-order chi connectivity index (χ1) is 12.5. The number of hydrazine groups is 1. The molecule has 2 aromatic rings. The van der Waals surface area contributed by atoms with Crippen LogP contribution in [-0.2, 0) is 0 Å². The molecular weight excluding hydrogens is 350 g/mol. The summed E-state index contributed by atoms with van der Waals surface area (Å²) in [7, 11) is 4.69. The minimum Gasteiger partial charge on any atom is -0.493 e. The number of rotatable bonds is 7. The summed E-state index contributed by atoms with van der Waals surface area (Å²) < 4.78 is 16.0. The molecule has 0 atom stereocenters. The lowest BCUT2D eigenvalue weighted by Gasteiger charge is -2.18. The van der Waals surface area contributed by atoms with Gasteiger partial charge in [-0.1, -0.05) is 24.8 Å². The molecule has 26 heavy (non-hydrogen) atoms.